The van der Waals surface area contributed by atoms with Crippen LogP contribution < -0.4 is 10.2 Å². The van der Waals surface area contributed by atoms with Crippen LogP contribution in [-0.4, -0.2) is 24.7 Å². The van der Waals surface area contributed by atoms with E-state index >= 15 is 0 Å². The van der Waals surface area contributed by atoms with Crippen molar-refractivity contribution < 1.29 is 14.3 Å². The fourth-order valence-electron chi connectivity index (χ4n) is 2.03. The number of rotatable bonds is 4. The monoisotopic (exact) mass is 273 g/mol. The molecule has 0 amide bonds. The average molecular weight is 273 g/mol. The molecule has 5 heteroatoms. The van der Waals surface area contributed by atoms with Gasteiger partial charge in [-0.2, -0.15) is 0 Å². The molecule has 0 unspecified atom stereocenters. The van der Waals surface area contributed by atoms with E-state index in [4.69, 9.17) is 4.74 Å². The number of fused-ring (bicyclic) bond motifs is 1. The van der Waals surface area contributed by atoms with Crippen molar-refractivity contribution >= 4 is 16.9 Å². The van der Waals surface area contributed by atoms with Crippen molar-refractivity contribution in [3.05, 3.63) is 40.2 Å². The Labute approximate surface area is 115 Å². The molecule has 3 rings (SSSR count). The van der Waals surface area contributed by atoms with E-state index in [0.717, 1.165) is 0 Å². The van der Waals surface area contributed by atoms with Gasteiger partial charge in [-0.05, 0) is 37.0 Å². The van der Waals surface area contributed by atoms with Crippen LogP contribution in [-0.2, 0) is 4.74 Å². The van der Waals surface area contributed by atoms with E-state index in [1.807, 2.05) is 0 Å². The van der Waals surface area contributed by atoms with E-state index in [9.17, 15) is 9.59 Å². The summed E-state index contributed by atoms with van der Waals surface area (Å²) in [6, 6.07) is 6.49. The molecule has 1 saturated carbocycles. The lowest BCUT2D eigenvalue weighted by molar-refractivity contribution is 0.0594. The van der Waals surface area contributed by atoms with E-state index in [0.29, 0.717) is 29.2 Å². The first-order valence-electron chi connectivity index (χ1n) is 6.55. The van der Waals surface area contributed by atoms with Crippen molar-refractivity contribution in [3.8, 4) is 5.75 Å². The van der Waals surface area contributed by atoms with E-state index < -0.39 is 5.97 Å². The lowest BCUT2D eigenvalue weighted by atomic mass is 10.2. The molecule has 0 radical (unpaired) electrons. The highest BCUT2D eigenvalue weighted by molar-refractivity contribution is 5.91. The predicted octanol–water partition coefficient (Wildman–Crippen LogP) is 2.10. The van der Waals surface area contributed by atoms with Gasteiger partial charge in [0.15, 0.2) is 5.43 Å². The van der Waals surface area contributed by atoms with Gasteiger partial charge in [0.25, 0.3) is 0 Å². The minimum absolute atomic E-state index is 0.150. The van der Waals surface area contributed by atoms with Crippen molar-refractivity contribution in [2.75, 3.05) is 13.7 Å². The maximum atomic E-state index is 12.0. The molecule has 0 saturated heterocycles. The number of aromatic amines is 1. The first-order chi connectivity index (χ1) is 9.67. The van der Waals surface area contributed by atoms with Gasteiger partial charge in [0.05, 0.1) is 19.2 Å². The standard InChI is InChI=1S/C15H15NO4/c1-19-15(18)13-7-14(17)11-6-10(4-5-12(11)16-13)20-8-9-2-3-9/h4-7,9H,2-3,8H2,1H3,(H,16,17). The number of carbonyl (C=O) groups is 1. The highest BCUT2D eigenvalue weighted by Gasteiger charge is 2.22. The number of hydrogen-bond acceptors (Lipinski definition) is 4. The molecule has 1 N–H and O–H groups in total. The summed E-state index contributed by atoms with van der Waals surface area (Å²) in [5.41, 5.74) is 0.518. The van der Waals surface area contributed by atoms with Crippen LogP contribution in [0.15, 0.2) is 29.1 Å². The summed E-state index contributed by atoms with van der Waals surface area (Å²) in [6.45, 7) is 0.698. The fraction of sp³-hybridized carbons (Fsp3) is 0.333. The summed E-state index contributed by atoms with van der Waals surface area (Å²) in [7, 11) is 1.28. The van der Waals surface area contributed by atoms with Crippen LogP contribution in [0.25, 0.3) is 10.9 Å². The minimum atomic E-state index is -0.557. The molecular weight excluding hydrogens is 258 g/mol. The molecule has 0 spiro atoms. The van der Waals surface area contributed by atoms with Crippen LogP contribution in [0.3, 0.4) is 0 Å². The van der Waals surface area contributed by atoms with Crippen molar-refractivity contribution in [1.29, 1.82) is 0 Å². The highest BCUT2D eigenvalue weighted by Crippen LogP contribution is 2.29. The third-order valence-corrected chi connectivity index (χ3v) is 3.39. The SMILES string of the molecule is COC(=O)c1cc(=O)c2cc(OCC3CC3)ccc2[nH]1. The van der Waals surface area contributed by atoms with E-state index in [1.165, 1.54) is 26.0 Å². The number of hydrogen-bond donors (Lipinski definition) is 1. The van der Waals surface area contributed by atoms with Crippen LogP contribution in [0.5, 0.6) is 5.75 Å². The van der Waals surface area contributed by atoms with Crippen LogP contribution in [0.1, 0.15) is 23.3 Å². The zero-order chi connectivity index (χ0) is 14.1. The number of aromatic nitrogens is 1. The average Bonchev–Trinajstić information content (AvgIpc) is 3.28. The molecule has 1 heterocycles. The van der Waals surface area contributed by atoms with Crippen molar-refractivity contribution in [2.45, 2.75) is 12.8 Å². The summed E-state index contributed by atoms with van der Waals surface area (Å²) in [6.07, 6.45) is 2.44. The second kappa shape index (κ2) is 5.00. The topological polar surface area (TPSA) is 68.4 Å². The molecule has 1 aliphatic carbocycles. The normalized spacial score (nSPS) is 14.2. The number of benzene rings is 1. The Morgan fingerprint density at radius 1 is 1.35 bits per heavy atom. The smallest absolute Gasteiger partial charge is 0.354 e. The summed E-state index contributed by atoms with van der Waals surface area (Å²) >= 11 is 0. The zero-order valence-corrected chi connectivity index (χ0v) is 11.1. The molecule has 20 heavy (non-hydrogen) atoms. The Balaban J connectivity index is 1.95. The number of H-pyrrole nitrogens is 1. The lowest BCUT2D eigenvalue weighted by Gasteiger charge is -2.07. The Morgan fingerprint density at radius 2 is 2.15 bits per heavy atom. The number of ether oxygens (including phenoxy) is 2. The molecule has 0 aliphatic heterocycles. The predicted molar refractivity (Wildman–Crippen MR) is 74.1 cm³/mol. The maximum Gasteiger partial charge on any atom is 0.354 e. The van der Waals surface area contributed by atoms with E-state index in [-0.39, 0.29) is 11.1 Å². The Morgan fingerprint density at radius 3 is 2.85 bits per heavy atom. The molecule has 1 aliphatic rings. The van der Waals surface area contributed by atoms with Gasteiger partial charge in [-0.15, -0.1) is 0 Å². The van der Waals surface area contributed by atoms with Crippen molar-refractivity contribution in [1.82, 2.24) is 4.98 Å². The van der Waals surface area contributed by atoms with Crippen LogP contribution in [0.2, 0.25) is 0 Å². The quantitative estimate of drug-likeness (QED) is 0.866. The Hall–Kier alpha value is -2.30. The molecule has 1 aromatic heterocycles. The van der Waals surface area contributed by atoms with E-state index in [1.54, 1.807) is 18.2 Å². The molecule has 1 fully saturated rings. The Kier molecular flexibility index (Phi) is 3.18. The van der Waals surface area contributed by atoms with Gasteiger partial charge in [0, 0.05) is 11.5 Å². The lowest BCUT2D eigenvalue weighted by Crippen LogP contribution is -2.11. The summed E-state index contributed by atoms with van der Waals surface area (Å²) in [5, 5.41) is 0.506. The minimum Gasteiger partial charge on any atom is -0.493 e. The van der Waals surface area contributed by atoms with Gasteiger partial charge in [-0.3, -0.25) is 4.79 Å². The van der Waals surface area contributed by atoms with Gasteiger partial charge in [0.2, 0.25) is 0 Å². The molecule has 0 bridgehead atoms. The first kappa shape index (κ1) is 12.7. The molecule has 5 nitrogen and oxygen atoms in total. The summed E-state index contributed by atoms with van der Waals surface area (Å²) < 4.78 is 10.2. The largest absolute Gasteiger partial charge is 0.493 e. The highest BCUT2D eigenvalue weighted by atomic mass is 16.5. The number of pyridine rings is 1. The molecule has 1 aromatic carbocycles. The first-order valence-corrected chi connectivity index (χ1v) is 6.55. The maximum absolute atomic E-state index is 12.0. The molecule has 2 aromatic rings. The number of esters is 1. The molecule has 0 atom stereocenters. The molecule has 104 valence electrons. The van der Waals surface area contributed by atoms with Gasteiger partial charge < -0.3 is 14.5 Å². The summed E-state index contributed by atoms with van der Waals surface area (Å²) in [5.74, 6) is 0.782. The van der Waals surface area contributed by atoms with E-state index in [2.05, 4.69) is 9.72 Å². The van der Waals surface area contributed by atoms with Gasteiger partial charge >= 0.3 is 5.97 Å². The second-order valence-electron chi connectivity index (χ2n) is 5.00. The van der Waals surface area contributed by atoms with Crippen molar-refractivity contribution in [2.24, 2.45) is 5.92 Å². The number of nitrogens with one attached hydrogen (secondary N) is 1. The number of carbonyl (C=O) groups excluding carboxylic acids is 1. The zero-order valence-electron chi connectivity index (χ0n) is 11.1. The van der Waals surface area contributed by atoms with Gasteiger partial charge in [-0.1, -0.05) is 0 Å². The van der Waals surface area contributed by atoms with Crippen LogP contribution in [0, 0.1) is 5.92 Å². The van der Waals surface area contributed by atoms with Gasteiger partial charge in [-0.25, -0.2) is 4.79 Å². The molecular formula is C15H15NO4. The second-order valence-corrected chi connectivity index (χ2v) is 5.00. The third kappa shape index (κ3) is 2.52. The van der Waals surface area contributed by atoms with Crippen molar-refractivity contribution in [3.63, 3.8) is 0 Å². The fourth-order valence-corrected chi connectivity index (χ4v) is 2.03. The number of methoxy groups -OCH3 is 1. The Bertz CT molecular complexity index is 715. The van der Waals surface area contributed by atoms with Gasteiger partial charge in [0.1, 0.15) is 11.4 Å². The summed E-state index contributed by atoms with van der Waals surface area (Å²) in [4.78, 5) is 26.4. The van der Waals surface area contributed by atoms with Crippen LogP contribution in [0.4, 0.5) is 0 Å². The third-order valence-electron chi connectivity index (χ3n) is 3.39. The van der Waals surface area contributed by atoms with Crippen LogP contribution >= 0.6 is 0 Å².